The topological polar surface area (TPSA) is 16.2 Å². The third-order valence-electron chi connectivity index (χ3n) is 31.6. The second-order valence-corrected chi connectivity index (χ2v) is 41.4. The predicted molar refractivity (Wildman–Crippen MR) is 548 cm³/mol. The zero-order chi connectivity index (χ0) is 89.2. The van der Waals surface area contributed by atoms with E-state index in [0.29, 0.717) is 0 Å². The fraction of sp³-hybridized carbons (Fsp3) is 0.236. The molecule has 0 saturated carbocycles. The summed E-state index contributed by atoms with van der Waals surface area (Å²) in [5.41, 5.74) is 44.6. The van der Waals surface area contributed by atoms with Gasteiger partial charge in [-0.3, -0.25) is 0 Å². The van der Waals surface area contributed by atoms with Gasteiger partial charge in [-0.05, 0) is 233 Å². The minimum absolute atomic E-state index is 0.00167. The maximum Gasteiger partial charge on any atom is 0.0535 e. The van der Waals surface area contributed by atoms with Gasteiger partial charge in [-0.15, -0.1) is 0 Å². The first-order chi connectivity index (χ1) is 61.2. The molecule has 0 unspecified atom stereocenters. The summed E-state index contributed by atoms with van der Waals surface area (Å²) in [6, 6.07) is 121. The Kier molecular flexibility index (Phi) is 18.5. The molecule has 25 rings (SSSR count). The first kappa shape index (κ1) is 81.8. The van der Waals surface area contributed by atoms with E-state index in [-0.39, 0.29) is 43.3 Å². The van der Waals surface area contributed by atoms with Crippen molar-refractivity contribution in [3.8, 4) is 33.4 Å². The van der Waals surface area contributed by atoms with Gasteiger partial charge < -0.3 is 24.5 Å². The molecule has 5 nitrogen and oxygen atoms in total. The van der Waals surface area contributed by atoms with Crippen LogP contribution in [0, 0.1) is 0 Å². The van der Waals surface area contributed by atoms with Crippen molar-refractivity contribution in [1.29, 1.82) is 0 Å². The van der Waals surface area contributed by atoms with Gasteiger partial charge in [0.05, 0.1) is 5.69 Å². The average Bonchev–Trinajstić information content (AvgIpc) is 1.01. The second kappa shape index (κ2) is 28.9. The molecule has 0 saturated heterocycles. The van der Waals surface area contributed by atoms with E-state index in [1.165, 1.54) is 222 Å². The average molecular weight is 1670 g/mol. The quantitative estimate of drug-likeness (QED) is 0.111. The van der Waals surface area contributed by atoms with Crippen LogP contribution in [0.5, 0.6) is 0 Å². The number of nitrogens with zero attached hydrogens (tertiary/aromatic N) is 5. The summed E-state index contributed by atoms with van der Waals surface area (Å²) in [6.45, 7) is 37.8. The van der Waals surface area contributed by atoms with Crippen molar-refractivity contribution in [2.24, 2.45) is 0 Å². The van der Waals surface area contributed by atoms with Gasteiger partial charge >= 0.3 is 0 Å². The Hall–Kier alpha value is -13.2. The molecule has 0 atom stereocenters. The Morgan fingerprint density at radius 1 is 0.148 bits per heavy atom. The van der Waals surface area contributed by atoms with Gasteiger partial charge in [0.1, 0.15) is 0 Å². The van der Waals surface area contributed by atoms with Crippen LogP contribution >= 0.6 is 0 Å². The summed E-state index contributed by atoms with van der Waals surface area (Å²) in [5, 5.41) is 10.7. The van der Waals surface area contributed by atoms with Crippen molar-refractivity contribution in [3.63, 3.8) is 0 Å². The molecule has 0 fully saturated rings. The molecular weight excluding hydrogens is 1550 g/mol. The summed E-state index contributed by atoms with van der Waals surface area (Å²) >= 11 is 0. The van der Waals surface area contributed by atoms with Crippen LogP contribution in [0.2, 0.25) is 0 Å². The smallest absolute Gasteiger partial charge is 0.0535 e. The van der Waals surface area contributed by atoms with E-state index in [4.69, 9.17) is 0 Å². The molecule has 5 heterocycles. The van der Waals surface area contributed by atoms with Crippen LogP contribution in [-0.4, -0.2) is 35.2 Å². The SMILES string of the molecule is CN1c2ccccc2C(C)(C)c2c1c1ccccc1c1ccccc21.CN1c2ccccc2C(C)(C)c2c1ccc1c2C(C)(C)c2ccccc2-1.CN1c2ccccc2C(C)(C)c2c1ccc1cc3ccccc3cc21.CN1c2ccccc2C(C)(C)c2cc3c(cc21)-c1ccccc1C3(C)C.CN1c2ccccc2C(C)(C)c2cc3c(cc21)C(C)(C)c1ccccc1-3. The molecule has 8 aliphatic rings. The molecule has 128 heavy (non-hydrogen) atoms. The molecule has 0 N–H and O–H groups in total. The Morgan fingerprint density at radius 3 is 0.961 bits per heavy atom. The van der Waals surface area contributed by atoms with Crippen LogP contribution in [0.4, 0.5) is 56.9 Å². The first-order valence-electron chi connectivity index (χ1n) is 46.1. The van der Waals surface area contributed by atoms with Crippen molar-refractivity contribution in [1.82, 2.24) is 0 Å². The Labute approximate surface area is 758 Å². The summed E-state index contributed by atoms with van der Waals surface area (Å²) in [5.74, 6) is 0. The Morgan fingerprint density at radius 2 is 0.461 bits per heavy atom. The number of benzene rings is 17. The van der Waals surface area contributed by atoms with Crippen LogP contribution in [0.1, 0.15) is 200 Å². The normalized spacial score (nSPS) is 16.9. The fourth-order valence-electron chi connectivity index (χ4n) is 24.7. The van der Waals surface area contributed by atoms with Gasteiger partial charge in [-0.2, -0.15) is 0 Å². The van der Waals surface area contributed by atoms with E-state index in [1.807, 2.05) is 0 Å². The highest BCUT2D eigenvalue weighted by Gasteiger charge is 2.48. The van der Waals surface area contributed by atoms with Crippen molar-refractivity contribution >= 4 is 100.0 Å². The van der Waals surface area contributed by atoms with Gasteiger partial charge in [-0.1, -0.05) is 366 Å². The number of fused-ring (bicyclic) bond motifs is 28. The molecule has 0 amide bonds. The van der Waals surface area contributed by atoms with E-state index >= 15 is 0 Å². The van der Waals surface area contributed by atoms with Crippen LogP contribution in [-0.2, 0) is 43.3 Å². The second-order valence-electron chi connectivity index (χ2n) is 41.4. The Balaban J connectivity index is 0.0000000972. The molecule has 3 aliphatic carbocycles. The third-order valence-corrected chi connectivity index (χ3v) is 31.6. The van der Waals surface area contributed by atoms with E-state index in [9.17, 15) is 0 Å². The first-order valence-corrected chi connectivity index (χ1v) is 46.1. The molecule has 634 valence electrons. The lowest BCUT2D eigenvalue weighted by atomic mass is 9.67. The predicted octanol–water partition coefficient (Wildman–Crippen LogP) is 32.0. The zero-order valence-electron chi connectivity index (χ0n) is 78.4. The van der Waals surface area contributed by atoms with Gasteiger partial charge in [0, 0.05) is 135 Å². The highest BCUT2D eigenvalue weighted by atomic mass is 15.1. The molecule has 0 bridgehead atoms. The number of anilines is 10. The zero-order valence-corrected chi connectivity index (χ0v) is 78.4. The summed E-state index contributed by atoms with van der Waals surface area (Å²) in [6.07, 6.45) is 0. The van der Waals surface area contributed by atoms with E-state index in [0.717, 1.165) is 0 Å². The lowest BCUT2D eigenvalue weighted by Gasteiger charge is -2.43. The highest BCUT2D eigenvalue weighted by molar-refractivity contribution is 6.17. The van der Waals surface area contributed by atoms with Gasteiger partial charge in [0.2, 0.25) is 0 Å². The van der Waals surface area contributed by atoms with E-state index < -0.39 is 0 Å². The van der Waals surface area contributed by atoms with Crippen molar-refractivity contribution in [2.45, 2.75) is 154 Å². The van der Waals surface area contributed by atoms with Gasteiger partial charge in [0.25, 0.3) is 0 Å². The van der Waals surface area contributed by atoms with Gasteiger partial charge in [0.15, 0.2) is 0 Å². The number of para-hydroxylation sites is 5. The minimum atomic E-state index is -0.0396. The van der Waals surface area contributed by atoms with Crippen molar-refractivity contribution in [2.75, 3.05) is 59.7 Å². The lowest BCUT2D eigenvalue weighted by Crippen LogP contribution is -2.34. The highest BCUT2D eigenvalue weighted by Crippen LogP contribution is 2.63. The molecule has 0 spiro atoms. The Bertz CT molecular complexity index is 7470. The standard InChI is InChI=1S/3C25H25N.2C24H21N/c1-24(2)18-11-7-6-10-16(18)17-14-23-21(15-20(17)24)25(3,4)19-12-8-9-13-22(19)26(23)5;1-24(2)18-11-7-6-10-16(18)17-14-21-23(15-20(17)24)26(5)22-13-9-8-12-19(22)25(21,3)4;1-24(2)18-11-7-6-10-16(18)17-14-15-21-23(22(17)24)25(3,4)19-12-8-9-13-20(19)26(21)5;1-24(2)20-14-8-9-15-21(20)25(3)23-19-13-7-5-11-17(19)16-10-4-6-12-18(16)22(23)24;1-24(2)20-10-6-7-11-21(20)25(3)22-13-12-18-14-16-8-4-5-9-17(16)15-19(18)23(22)24/h3*6-15H,1-5H3;2*4-15H,1-3H3. The molecule has 0 radical (unpaired) electrons. The summed E-state index contributed by atoms with van der Waals surface area (Å²) in [4.78, 5) is 11.8. The van der Waals surface area contributed by atoms with Crippen LogP contribution in [0.3, 0.4) is 0 Å². The van der Waals surface area contributed by atoms with E-state index in [2.05, 4.69) is 498 Å². The number of hydrogen-bond acceptors (Lipinski definition) is 5. The largest absolute Gasteiger partial charge is 0.344 e. The molecule has 0 aromatic heterocycles. The van der Waals surface area contributed by atoms with Crippen molar-refractivity contribution < 1.29 is 0 Å². The van der Waals surface area contributed by atoms with Crippen LogP contribution in [0.15, 0.2) is 328 Å². The minimum Gasteiger partial charge on any atom is -0.344 e. The maximum atomic E-state index is 2.48. The monoisotopic (exact) mass is 1660 g/mol. The maximum absolute atomic E-state index is 2.48. The summed E-state index contributed by atoms with van der Waals surface area (Å²) < 4.78 is 0. The van der Waals surface area contributed by atoms with Crippen LogP contribution in [0.25, 0.3) is 76.5 Å². The molecule has 5 aliphatic heterocycles. The van der Waals surface area contributed by atoms with Crippen LogP contribution < -0.4 is 24.5 Å². The van der Waals surface area contributed by atoms with E-state index in [1.54, 1.807) is 0 Å². The number of hydrogen-bond donors (Lipinski definition) is 0. The lowest BCUT2D eigenvalue weighted by molar-refractivity contribution is 0.582. The van der Waals surface area contributed by atoms with Gasteiger partial charge in [-0.25, -0.2) is 0 Å². The molecular formula is C123H117N5. The summed E-state index contributed by atoms with van der Waals surface area (Å²) in [7, 11) is 11.0. The molecule has 17 aromatic rings. The van der Waals surface area contributed by atoms with Crippen molar-refractivity contribution in [3.05, 3.63) is 417 Å². The molecule has 5 heteroatoms. The molecule has 17 aromatic carbocycles. The fourth-order valence-corrected chi connectivity index (χ4v) is 24.7. The number of rotatable bonds is 0. The third kappa shape index (κ3) is 11.8.